The number of anilines is 1. The molecular formula is C12H15N5. The van der Waals surface area contributed by atoms with Gasteiger partial charge in [-0.15, -0.1) is 5.10 Å². The highest BCUT2D eigenvalue weighted by Gasteiger charge is 2.37. The number of hydrogen-bond donors (Lipinski definition) is 1. The Hall–Kier alpha value is -1.67. The molecule has 0 bridgehead atoms. The van der Waals surface area contributed by atoms with Crippen molar-refractivity contribution in [2.75, 3.05) is 18.4 Å². The molecule has 2 atom stereocenters. The minimum atomic E-state index is 0.418. The molecule has 88 valence electrons. The first kappa shape index (κ1) is 10.5. The number of aromatic nitrogens is 2. The van der Waals surface area contributed by atoms with Crippen molar-refractivity contribution in [1.29, 1.82) is 5.26 Å². The molecule has 1 aromatic heterocycles. The van der Waals surface area contributed by atoms with Crippen molar-refractivity contribution >= 4 is 5.82 Å². The van der Waals surface area contributed by atoms with Crippen LogP contribution in [0.5, 0.6) is 0 Å². The summed E-state index contributed by atoms with van der Waals surface area (Å²) in [5.41, 5.74) is 0.580. The molecule has 2 saturated heterocycles. The van der Waals surface area contributed by atoms with E-state index in [1.54, 1.807) is 12.3 Å². The van der Waals surface area contributed by atoms with E-state index < -0.39 is 0 Å². The summed E-state index contributed by atoms with van der Waals surface area (Å²) in [6.07, 6.45) is 5.22. The lowest BCUT2D eigenvalue weighted by Crippen LogP contribution is -2.34. The smallest absolute Gasteiger partial charge is 0.166 e. The summed E-state index contributed by atoms with van der Waals surface area (Å²) < 4.78 is 0. The topological polar surface area (TPSA) is 64.8 Å². The lowest BCUT2D eigenvalue weighted by molar-refractivity contribution is 0.318. The van der Waals surface area contributed by atoms with Gasteiger partial charge in [-0.25, -0.2) is 0 Å². The molecule has 0 spiro atoms. The van der Waals surface area contributed by atoms with Crippen molar-refractivity contribution in [3.05, 3.63) is 17.8 Å². The summed E-state index contributed by atoms with van der Waals surface area (Å²) in [5.74, 6) is 0.633. The van der Waals surface area contributed by atoms with E-state index in [0.29, 0.717) is 23.5 Å². The molecular weight excluding hydrogens is 214 g/mol. The normalized spacial score (nSPS) is 27.7. The molecule has 5 nitrogen and oxygen atoms in total. The molecule has 17 heavy (non-hydrogen) atoms. The van der Waals surface area contributed by atoms with Gasteiger partial charge in [0, 0.05) is 18.6 Å². The molecule has 5 heteroatoms. The molecule has 3 heterocycles. The van der Waals surface area contributed by atoms with Crippen LogP contribution in [0.15, 0.2) is 12.3 Å². The van der Waals surface area contributed by atoms with Crippen molar-refractivity contribution < 1.29 is 0 Å². The zero-order valence-electron chi connectivity index (χ0n) is 9.63. The third-order valence-electron chi connectivity index (χ3n) is 3.77. The van der Waals surface area contributed by atoms with Gasteiger partial charge >= 0.3 is 0 Å². The highest BCUT2D eigenvalue weighted by Crippen LogP contribution is 2.30. The monoisotopic (exact) mass is 229 g/mol. The number of nitriles is 1. The lowest BCUT2D eigenvalue weighted by Gasteiger charge is -2.21. The van der Waals surface area contributed by atoms with Crippen LogP contribution in [0.1, 0.15) is 24.8 Å². The van der Waals surface area contributed by atoms with Crippen LogP contribution < -0.4 is 5.32 Å². The van der Waals surface area contributed by atoms with Gasteiger partial charge in [0.1, 0.15) is 6.07 Å². The minimum Gasteiger partial charge on any atom is -0.363 e. The van der Waals surface area contributed by atoms with E-state index in [4.69, 9.17) is 5.26 Å². The number of fused-ring (bicyclic) bond motifs is 1. The molecule has 0 saturated carbocycles. The first-order chi connectivity index (χ1) is 8.38. The van der Waals surface area contributed by atoms with Crippen LogP contribution in [0.4, 0.5) is 5.82 Å². The van der Waals surface area contributed by atoms with E-state index in [1.165, 1.54) is 19.4 Å². The fourth-order valence-corrected chi connectivity index (χ4v) is 2.96. The van der Waals surface area contributed by atoms with Gasteiger partial charge in [-0.3, -0.25) is 4.90 Å². The summed E-state index contributed by atoms with van der Waals surface area (Å²) in [7, 11) is 0. The maximum absolute atomic E-state index is 9.01. The Morgan fingerprint density at radius 3 is 3.24 bits per heavy atom. The molecule has 2 aliphatic rings. The van der Waals surface area contributed by atoms with Gasteiger partial charge in [-0.05, 0) is 31.9 Å². The van der Waals surface area contributed by atoms with E-state index in [2.05, 4.69) is 26.5 Å². The average Bonchev–Trinajstić information content (AvgIpc) is 2.95. The summed E-state index contributed by atoms with van der Waals surface area (Å²) in [5, 5.41) is 20.3. The van der Waals surface area contributed by atoms with Crippen molar-refractivity contribution in [1.82, 2.24) is 15.1 Å². The van der Waals surface area contributed by atoms with Crippen LogP contribution >= 0.6 is 0 Å². The van der Waals surface area contributed by atoms with Crippen LogP contribution in [0, 0.1) is 11.3 Å². The molecule has 0 amide bonds. The number of hydrogen-bond acceptors (Lipinski definition) is 5. The molecule has 2 unspecified atom stereocenters. The highest BCUT2D eigenvalue weighted by atomic mass is 15.3. The van der Waals surface area contributed by atoms with Crippen LogP contribution in [-0.2, 0) is 0 Å². The van der Waals surface area contributed by atoms with Gasteiger partial charge in [0.2, 0.25) is 0 Å². The van der Waals surface area contributed by atoms with Gasteiger partial charge in [0.15, 0.2) is 5.82 Å². The molecule has 1 aromatic rings. The Bertz CT molecular complexity index is 452. The zero-order chi connectivity index (χ0) is 11.7. The maximum atomic E-state index is 9.01. The highest BCUT2D eigenvalue weighted by molar-refractivity contribution is 5.51. The van der Waals surface area contributed by atoms with Crippen molar-refractivity contribution in [3.8, 4) is 6.07 Å². The molecule has 0 radical (unpaired) electrons. The standard InChI is InChI=1S/C12H15N5/c13-8-9-3-5-14-16-12(9)15-10-4-7-17-6-1-2-11(10)17/h3,5,10-11H,1-2,4,6-7H2,(H,15,16). The predicted octanol–water partition coefficient (Wildman–Crippen LogP) is 0.997. The fraction of sp³-hybridized carbons (Fsp3) is 0.583. The quantitative estimate of drug-likeness (QED) is 0.819. The van der Waals surface area contributed by atoms with Crippen LogP contribution in [-0.4, -0.2) is 40.3 Å². The lowest BCUT2D eigenvalue weighted by atomic mass is 10.1. The SMILES string of the molecule is N#Cc1ccnnc1NC1CCN2CCCC12. The molecule has 3 rings (SSSR count). The summed E-state index contributed by atoms with van der Waals surface area (Å²) in [6.45, 7) is 2.37. The molecule has 2 fully saturated rings. The van der Waals surface area contributed by atoms with Crippen LogP contribution in [0.2, 0.25) is 0 Å². The van der Waals surface area contributed by atoms with Crippen LogP contribution in [0.3, 0.4) is 0 Å². The second-order valence-electron chi connectivity index (χ2n) is 4.69. The first-order valence-corrected chi connectivity index (χ1v) is 6.11. The molecule has 0 aromatic carbocycles. The number of nitrogens with one attached hydrogen (secondary N) is 1. The van der Waals surface area contributed by atoms with E-state index in [9.17, 15) is 0 Å². The zero-order valence-corrected chi connectivity index (χ0v) is 9.63. The van der Waals surface area contributed by atoms with Gasteiger partial charge in [0.25, 0.3) is 0 Å². The average molecular weight is 229 g/mol. The predicted molar refractivity (Wildman–Crippen MR) is 63.4 cm³/mol. The van der Waals surface area contributed by atoms with E-state index >= 15 is 0 Å². The van der Waals surface area contributed by atoms with Crippen molar-refractivity contribution in [2.24, 2.45) is 0 Å². The second kappa shape index (κ2) is 4.30. The minimum absolute atomic E-state index is 0.418. The van der Waals surface area contributed by atoms with Gasteiger partial charge < -0.3 is 5.32 Å². The van der Waals surface area contributed by atoms with E-state index in [-0.39, 0.29) is 0 Å². The second-order valence-corrected chi connectivity index (χ2v) is 4.69. The van der Waals surface area contributed by atoms with Crippen molar-refractivity contribution in [3.63, 3.8) is 0 Å². The summed E-state index contributed by atoms with van der Waals surface area (Å²) in [4.78, 5) is 2.53. The van der Waals surface area contributed by atoms with Gasteiger partial charge in [-0.2, -0.15) is 10.4 Å². The Morgan fingerprint density at radius 1 is 1.41 bits per heavy atom. The number of nitrogens with zero attached hydrogens (tertiary/aromatic N) is 4. The Kier molecular flexibility index (Phi) is 2.65. The Labute approximate surface area is 100 Å². The molecule has 1 N–H and O–H groups in total. The Morgan fingerprint density at radius 2 is 2.35 bits per heavy atom. The molecule has 0 aliphatic carbocycles. The van der Waals surface area contributed by atoms with Gasteiger partial charge in [-0.1, -0.05) is 0 Å². The fourth-order valence-electron chi connectivity index (χ4n) is 2.96. The maximum Gasteiger partial charge on any atom is 0.166 e. The third kappa shape index (κ3) is 1.85. The van der Waals surface area contributed by atoms with Crippen molar-refractivity contribution in [2.45, 2.75) is 31.3 Å². The Balaban J connectivity index is 1.77. The van der Waals surface area contributed by atoms with Crippen LogP contribution in [0.25, 0.3) is 0 Å². The molecule has 2 aliphatic heterocycles. The first-order valence-electron chi connectivity index (χ1n) is 6.11. The summed E-state index contributed by atoms with van der Waals surface area (Å²) >= 11 is 0. The van der Waals surface area contributed by atoms with E-state index in [1.807, 2.05) is 0 Å². The summed E-state index contributed by atoms with van der Waals surface area (Å²) in [6, 6.07) is 4.89. The third-order valence-corrected chi connectivity index (χ3v) is 3.77. The number of rotatable bonds is 2. The largest absolute Gasteiger partial charge is 0.363 e. The van der Waals surface area contributed by atoms with Gasteiger partial charge in [0.05, 0.1) is 11.8 Å². The van der Waals surface area contributed by atoms with E-state index in [0.717, 1.165) is 13.0 Å².